The van der Waals surface area contributed by atoms with Crippen molar-refractivity contribution in [3.05, 3.63) is 170 Å². The highest BCUT2D eigenvalue weighted by molar-refractivity contribution is 6.19. The highest BCUT2D eigenvalue weighted by Gasteiger charge is 2.31. The summed E-state index contributed by atoms with van der Waals surface area (Å²) in [7, 11) is 0. The van der Waals surface area contributed by atoms with Gasteiger partial charge in [-0.25, -0.2) is 9.97 Å². The minimum atomic E-state index is 0.510. The van der Waals surface area contributed by atoms with Gasteiger partial charge >= 0.3 is 0 Å². The first kappa shape index (κ1) is 28.9. The molecule has 9 aromatic rings. The lowest BCUT2D eigenvalue weighted by Crippen LogP contribution is -2.19. The maximum Gasteiger partial charge on any atom is 0.238 e. The molecule has 0 aliphatic carbocycles. The maximum atomic E-state index is 5.33. The third-order valence-electron chi connectivity index (χ3n) is 9.51. The first-order valence-corrected chi connectivity index (χ1v) is 16.9. The Balaban J connectivity index is 1.24. The molecule has 0 bridgehead atoms. The average molecular weight is 653 g/mol. The van der Waals surface area contributed by atoms with Gasteiger partial charge in [-0.1, -0.05) is 133 Å². The second-order valence-electron chi connectivity index (χ2n) is 12.6. The second kappa shape index (κ2) is 11.8. The molecule has 0 N–H and O–H groups in total. The molecule has 1 aliphatic rings. The van der Waals surface area contributed by atoms with Crippen LogP contribution in [0.15, 0.2) is 170 Å². The van der Waals surface area contributed by atoms with E-state index in [0.717, 1.165) is 66.6 Å². The van der Waals surface area contributed by atoms with E-state index in [1.807, 2.05) is 85.2 Å². The molecule has 4 heterocycles. The van der Waals surface area contributed by atoms with Crippen molar-refractivity contribution in [1.29, 1.82) is 0 Å². The summed E-state index contributed by atoms with van der Waals surface area (Å²) < 4.78 is 0. The van der Waals surface area contributed by atoms with Crippen molar-refractivity contribution in [2.45, 2.75) is 0 Å². The van der Waals surface area contributed by atoms with E-state index in [0.29, 0.717) is 17.6 Å². The van der Waals surface area contributed by atoms with Crippen LogP contribution >= 0.6 is 0 Å². The van der Waals surface area contributed by atoms with Crippen LogP contribution in [0.3, 0.4) is 0 Å². The molecule has 0 unspecified atom stereocenters. The molecule has 0 spiro atoms. The lowest BCUT2D eigenvalue weighted by Gasteiger charge is -2.32. The summed E-state index contributed by atoms with van der Waals surface area (Å²) in [6, 6.07) is 54.2. The van der Waals surface area contributed by atoms with Gasteiger partial charge in [0, 0.05) is 39.0 Å². The standard InChI is InChI=1S/C45H28N6/c1-4-13-29(14-5-1)32-19-12-20-33(25-32)34-23-24-39-36(26-34)42-41-37(35-21-10-11-22-38(35)47-42)27-46-28-40(41)51(39)45-49-43(30-15-6-2-7-16-30)48-44(50-45)31-17-8-3-9-18-31/h1-28H. The number of hydrogen-bond donors (Lipinski definition) is 0. The monoisotopic (exact) mass is 652 g/mol. The largest absolute Gasteiger partial charge is 0.276 e. The molecule has 51 heavy (non-hydrogen) atoms. The number of pyridine rings is 2. The fraction of sp³-hybridized carbons (Fsp3) is 0. The van der Waals surface area contributed by atoms with Gasteiger partial charge in [-0.2, -0.15) is 9.97 Å². The fourth-order valence-corrected chi connectivity index (χ4v) is 7.09. The molecular weight excluding hydrogens is 625 g/mol. The van der Waals surface area contributed by atoms with Crippen molar-refractivity contribution in [3.8, 4) is 56.3 Å². The van der Waals surface area contributed by atoms with Crippen LogP contribution in [0.5, 0.6) is 0 Å². The number of rotatable bonds is 5. The normalized spacial score (nSPS) is 11.9. The Morgan fingerprint density at radius 3 is 1.69 bits per heavy atom. The summed E-state index contributed by atoms with van der Waals surface area (Å²) in [6.07, 6.45) is 3.84. The number of anilines is 3. The van der Waals surface area contributed by atoms with Gasteiger partial charge in [-0.3, -0.25) is 9.88 Å². The number of hydrogen-bond acceptors (Lipinski definition) is 6. The van der Waals surface area contributed by atoms with Gasteiger partial charge in [-0.05, 0) is 46.5 Å². The molecule has 10 rings (SSSR count). The predicted molar refractivity (Wildman–Crippen MR) is 206 cm³/mol. The molecule has 6 heteroatoms. The zero-order chi connectivity index (χ0) is 33.7. The molecule has 0 atom stereocenters. The van der Waals surface area contributed by atoms with E-state index in [9.17, 15) is 0 Å². The van der Waals surface area contributed by atoms with Crippen LogP contribution in [0.1, 0.15) is 0 Å². The lowest BCUT2D eigenvalue weighted by atomic mass is 9.91. The molecule has 0 fully saturated rings. The van der Waals surface area contributed by atoms with E-state index >= 15 is 0 Å². The van der Waals surface area contributed by atoms with E-state index in [2.05, 4.69) is 89.8 Å². The molecule has 0 saturated heterocycles. The lowest BCUT2D eigenvalue weighted by molar-refractivity contribution is 1.02. The van der Waals surface area contributed by atoms with Crippen LogP contribution in [0.25, 0.3) is 78.0 Å². The third kappa shape index (κ3) is 4.92. The predicted octanol–water partition coefficient (Wildman–Crippen LogP) is 11.1. The van der Waals surface area contributed by atoms with E-state index in [-0.39, 0.29) is 0 Å². The Morgan fingerprint density at radius 1 is 0.392 bits per heavy atom. The van der Waals surface area contributed by atoms with Crippen molar-refractivity contribution >= 4 is 39.0 Å². The van der Waals surface area contributed by atoms with Gasteiger partial charge in [-0.15, -0.1) is 0 Å². The van der Waals surface area contributed by atoms with Crippen LogP contribution < -0.4 is 4.90 Å². The van der Waals surface area contributed by atoms with Crippen molar-refractivity contribution in [3.63, 3.8) is 0 Å². The van der Waals surface area contributed by atoms with Crippen molar-refractivity contribution in [1.82, 2.24) is 24.9 Å². The summed E-state index contributed by atoms with van der Waals surface area (Å²) in [5.74, 6) is 1.70. The van der Waals surface area contributed by atoms with E-state index in [1.54, 1.807) is 0 Å². The summed E-state index contributed by atoms with van der Waals surface area (Å²) in [6.45, 7) is 0. The maximum absolute atomic E-state index is 5.33. The summed E-state index contributed by atoms with van der Waals surface area (Å²) in [4.78, 5) is 27.5. The number of aromatic nitrogens is 5. The molecule has 3 aromatic heterocycles. The number of fused-ring (bicyclic) bond motifs is 4. The quantitative estimate of drug-likeness (QED) is 0.172. The van der Waals surface area contributed by atoms with Crippen LogP contribution in [-0.4, -0.2) is 24.9 Å². The SMILES string of the molecule is c1ccc(-c2cccc(-c3ccc4c(c3)-c3nc5ccccc5c5cncc(c35)N4c3nc(-c4ccccc4)nc(-c4ccccc4)n3)c2)cc1. The smallest absolute Gasteiger partial charge is 0.238 e. The zero-order valence-electron chi connectivity index (χ0n) is 27.3. The van der Waals surface area contributed by atoms with Gasteiger partial charge in [0.1, 0.15) is 0 Å². The van der Waals surface area contributed by atoms with Gasteiger partial charge < -0.3 is 0 Å². The molecule has 238 valence electrons. The number of benzene rings is 6. The van der Waals surface area contributed by atoms with Crippen molar-refractivity contribution in [2.75, 3.05) is 4.90 Å². The van der Waals surface area contributed by atoms with Gasteiger partial charge in [0.05, 0.1) is 28.8 Å². The van der Waals surface area contributed by atoms with Gasteiger partial charge in [0.2, 0.25) is 5.95 Å². The molecule has 6 nitrogen and oxygen atoms in total. The van der Waals surface area contributed by atoms with Crippen molar-refractivity contribution < 1.29 is 0 Å². The topological polar surface area (TPSA) is 67.7 Å². The average Bonchev–Trinajstić information content (AvgIpc) is 3.22. The first-order chi connectivity index (χ1) is 25.3. The summed E-state index contributed by atoms with van der Waals surface area (Å²) in [5.41, 5.74) is 11.0. The third-order valence-corrected chi connectivity index (χ3v) is 9.51. The summed E-state index contributed by atoms with van der Waals surface area (Å²) in [5, 5.41) is 3.08. The van der Waals surface area contributed by atoms with Crippen LogP contribution in [0.2, 0.25) is 0 Å². The fourth-order valence-electron chi connectivity index (χ4n) is 7.09. The Kier molecular flexibility index (Phi) is 6.70. The molecule has 0 saturated carbocycles. The van der Waals surface area contributed by atoms with E-state index in [1.165, 1.54) is 11.1 Å². The molecular formula is C45H28N6. The van der Waals surface area contributed by atoms with Crippen LogP contribution in [0.4, 0.5) is 17.3 Å². The Hall–Kier alpha value is -7.05. The first-order valence-electron chi connectivity index (χ1n) is 16.9. The van der Waals surface area contributed by atoms with Gasteiger partial charge in [0.15, 0.2) is 11.6 Å². The van der Waals surface area contributed by atoms with E-state index in [4.69, 9.17) is 24.9 Å². The minimum Gasteiger partial charge on any atom is -0.276 e. The van der Waals surface area contributed by atoms with Crippen LogP contribution in [-0.2, 0) is 0 Å². The molecule has 0 amide bonds. The Morgan fingerprint density at radius 2 is 0.980 bits per heavy atom. The Labute approximate surface area is 294 Å². The highest BCUT2D eigenvalue weighted by atomic mass is 15.3. The highest BCUT2D eigenvalue weighted by Crippen LogP contribution is 2.51. The number of nitrogens with zero attached hydrogens (tertiary/aromatic N) is 6. The Bertz CT molecular complexity index is 2690. The minimum absolute atomic E-state index is 0.510. The van der Waals surface area contributed by atoms with Crippen LogP contribution in [0, 0.1) is 0 Å². The van der Waals surface area contributed by atoms with E-state index < -0.39 is 0 Å². The van der Waals surface area contributed by atoms with Crippen molar-refractivity contribution in [2.24, 2.45) is 0 Å². The summed E-state index contributed by atoms with van der Waals surface area (Å²) >= 11 is 0. The zero-order valence-corrected chi connectivity index (χ0v) is 27.3. The second-order valence-corrected chi connectivity index (χ2v) is 12.6. The number of para-hydroxylation sites is 1. The molecule has 0 radical (unpaired) electrons. The van der Waals surface area contributed by atoms with Gasteiger partial charge in [0.25, 0.3) is 0 Å². The molecule has 6 aromatic carbocycles. The molecule has 1 aliphatic heterocycles.